The van der Waals surface area contributed by atoms with E-state index in [1.54, 1.807) is 0 Å². The molecule has 0 unspecified atom stereocenters. The standard InChI is InChI=1S/CHCl3.HI/c2-1(3)4;/h1H;1H. The van der Waals surface area contributed by atoms with Gasteiger partial charge in [0.1, 0.15) is 0 Å². The van der Waals surface area contributed by atoms with E-state index in [0.29, 0.717) is 0 Å². The van der Waals surface area contributed by atoms with Gasteiger partial charge in [0.05, 0.1) is 0 Å². The van der Waals surface area contributed by atoms with Crippen LogP contribution in [-0.4, -0.2) is 4.30 Å². The molecule has 0 heterocycles. The number of hydrogen-bond acceptors (Lipinski definition) is 0. The molecule has 0 rings (SSSR count). The second kappa shape index (κ2) is 5.60. The van der Waals surface area contributed by atoms with E-state index in [0.717, 1.165) is 0 Å². The van der Waals surface area contributed by atoms with Crippen molar-refractivity contribution in [1.29, 1.82) is 0 Å². The highest BCUT2D eigenvalue weighted by Gasteiger charge is 1.78. The lowest BCUT2D eigenvalue weighted by Gasteiger charge is -1.69. The van der Waals surface area contributed by atoms with Gasteiger partial charge in [-0.1, -0.05) is 34.8 Å². The van der Waals surface area contributed by atoms with E-state index in [-0.39, 0.29) is 24.0 Å². The molecule has 0 aromatic rings. The Morgan fingerprint density at radius 2 is 1.00 bits per heavy atom. The predicted octanol–water partition coefficient (Wildman–Crippen LogP) is 2.60. The summed E-state index contributed by atoms with van der Waals surface area (Å²) in [7, 11) is 0. The zero-order valence-electron chi connectivity index (χ0n) is 2.12. The second-order valence-electron chi connectivity index (χ2n) is 0.247. The fourth-order valence-corrected chi connectivity index (χ4v) is 0. The van der Waals surface area contributed by atoms with Crippen LogP contribution in [0.25, 0.3) is 0 Å². The highest BCUT2D eigenvalue weighted by atomic mass is 127. The molecule has 0 radical (unpaired) electrons. The average Bonchev–Trinajstić information content (AvgIpc) is 0.811. The molecule has 0 saturated carbocycles. The normalized spacial score (nSPS) is 7.20. The van der Waals surface area contributed by atoms with Crippen LogP contribution in [0.2, 0.25) is 0 Å². The Morgan fingerprint density at radius 1 is 1.00 bits per heavy atom. The number of halogens is 4. The summed E-state index contributed by atoms with van der Waals surface area (Å²) in [6, 6.07) is 0. The van der Waals surface area contributed by atoms with Crippen molar-refractivity contribution in [2.24, 2.45) is 0 Å². The predicted molar refractivity (Wildman–Crippen MR) is 36.8 cm³/mol. The molecule has 0 aromatic heterocycles. The van der Waals surface area contributed by atoms with Crippen molar-refractivity contribution >= 4 is 58.8 Å². The molecule has 0 aliphatic heterocycles. The van der Waals surface area contributed by atoms with E-state index in [1.807, 2.05) is 0 Å². The van der Waals surface area contributed by atoms with Crippen LogP contribution in [0.5, 0.6) is 0 Å². The summed E-state index contributed by atoms with van der Waals surface area (Å²) in [6.45, 7) is 0. The zero-order valence-corrected chi connectivity index (χ0v) is 6.72. The van der Waals surface area contributed by atoms with Crippen LogP contribution < -0.4 is 0 Å². The Kier molecular flexibility index (Phi) is 11.0. The van der Waals surface area contributed by atoms with Gasteiger partial charge in [0, 0.05) is 0 Å². The lowest BCUT2D eigenvalue weighted by atomic mass is 11.9. The molecule has 0 aliphatic rings. The molecule has 0 N–H and O–H groups in total. The monoisotopic (exact) mass is 246 g/mol. The molecule has 5 heavy (non-hydrogen) atoms. The van der Waals surface area contributed by atoms with Gasteiger partial charge in [0.25, 0.3) is 0 Å². The van der Waals surface area contributed by atoms with Gasteiger partial charge in [-0.15, -0.1) is 24.0 Å². The van der Waals surface area contributed by atoms with Crippen molar-refractivity contribution in [2.75, 3.05) is 0 Å². The maximum absolute atomic E-state index is 4.81. The topological polar surface area (TPSA) is 0 Å². The molecular weight excluding hydrogens is 245 g/mol. The van der Waals surface area contributed by atoms with E-state index in [9.17, 15) is 0 Å². The summed E-state index contributed by atoms with van der Waals surface area (Å²) < 4.78 is -0.750. The molecule has 0 saturated heterocycles. The van der Waals surface area contributed by atoms with Crippen molar-refractivity contribution in [2.45, 2.75) is 4.30 Å². The molecule has 0 fully saturated rings. The summed E-state index contributed by atoms with van der Waals surface area (Å²) in [4.78, 5) is 0. The van der Waals surface area contributed by atoms with Gasteiger partial charge in [-0.25, -0.2) is 0 Å². The van der Waals surface area contributed by atoms with Crippen molar-refractivity contribution in [1.82, 2.24) is 0 Å². The highest BCUT2D eigenvalue weighted by Crippen LogP contribution is 2.03. The van der Waals surface area contributed by atoms with Gasteiger partial charge < -0.3 is 0 Å². The Balaban J connectivity index is 0. The Labute approximate surface area is 62.8 Å². The number of alkyl halides is 3. The molecule has 4 heteroatoms. The summed E-state index contributed by atoms with van der Waals surface area (Å²) >= 11 is 14.4. The third-order valence-electron chi connectivity index (χ3n) is 0. The maximum Gasteiger partial charge on any atom is 0.180 e. The van der Waals surface area contributed by atoms with Gasteiger partial charge >= 0.3 is 0 Å². The number of hydrogen-bond donors (Lipinski definition) is 0. The first kappa shape index (κ1) is 9.78. The van der Waals surface area contributed by atoms with Crippen LogP contribution in [0, 0.1) is 0 Å². The van der Waals surface area contributed by atoms with E-state index in [1.165, 1.54) is 0 Å². The minimum atomic E-state index is -0.750. The van der Waals surface area contributed by atoms with Gasteiger partial charge in [-0.2, -0.15) is 0 Å². The van der Waals surface area contributed by atoms with Crippen LogP contribution in [0.4, 0.5) is 0 Å². The van der Waals surface area contributed by atoms with Crippen molar-refractivity contribution in [3.63, 3.8) is 0 Å². The zero-order chi connectivity index (χ0) is 3.58. The molecule has 0 aliphatic carbocycles. The van der Waals surface area contributed by atoms with Crippen LogP contribution in [-0.2, 0) is 0 Å². The second-order valence-corrected chi connectivity index (χ2v) is 2.23. The molecule has 0 amide bonds. The largest absolute Gasteiger partial charge is 0.180 e. The Hall–Kier alpha value is 1.60. The average molecular weight is 247 g/mol. The van der Waals surface area contributed by atoms with E-state index >= 15 is 0 Å². The molecule has 0 spiro atoms. The summed E-state index contributed by atoms with van der Waals surface area (Å²) in [5.74, 6) is 0. The minimum Gasteiger partial charge on any atom is -0.107 e. The third-order valence-corrected chi connectivity index (χ3v) is 0. The van der Waals surface area contributed by atoms with E-state index < -0.39 is 4.30 Å². The molecule has 0 atom stereocenters. The van der Waals surface area contributed by atoms with E-state index in [4.69, 9.17) is 34.8 Å². The van der Waals surface area contributed by atoms with Crippen molar-refractivity contribution < 1.29 is 0 Å². The van der Waals surface area contributed by atoms with Crippen molar-refractivity contribution in [3.05, 3.63) is 0 Å². The molecule has 0 nitrogen and oxygen atoms in total. The summed E-state index contributed by atoms with van der Waals surface area (Å²) in [5, 5.41) is 0. The van der Waals surface area contributed by atoms with Gasteiger partial charge in [-0.3, -0.25) is 0 Å². The van der Waals surface area contributed by atoms with Crippen LogP contribution >= 0.6 is 58.8 Å². The van der Waals surface area contributed by atoms with Crippen LogP contribution in [0.1, 0.15) is 0 Å². The third kappa shape index (κ3) is 28.3. The Morgan fingerprint density at radius 3 is 1.00 bits per heavy atom. The summed E-state index contributed by atoms with van der Waals surface area (Å²) in [6.07, 6.45) is 0. The van der Waals surface area contributed by atoms with Crippen LogP contribution in [0.3, 0.4) is 0 Å². The molecule has 34 valence electrons. The van der Waals surface area contributed by atoms with Gasteiger partial charge in [0.2, 0.25) is 0 Å². The highest BCUT2D eigenvalue weighted by molar-refractivity contribution is 14.0. The smallest absolute Gasteiger partial charge is 0.107 e. The maximum atomic E-state index is 4.81. The first-order chi connectivity index (χ1) is 1.73. The molecular formula is CH2Cl3I. The Bertz CT molecular complexity index is 11.6. The lowest BCUT2D eigenvalue weighted by Crippen LogP contribution is -1.55. The SMILES string of the molecule is ClC(Cl)Cl.I. The van der Waals surface area contributed by atoms with E-state index in [2.05, 4.69) is 0 Å². The summed E-state index contributed by atoms with van der Waals surface area (Å²) in [5.41, 5.74) is 0. The van der Waals surface area contributed by atoms with Gasteiger partial charge in [0.15, 0.2) is 4.30 Å². The number of rotatable bonds is 0. The fourth-order valence-electron chi connectivity index (χ4n) is 0. The van der Waals surface area contributed by atoms with Gasteiger partial charge in [-0.05, 0) is 0 Å². The minimum absolute atomic E-state index is 0. The van der Waals surface area contributed by atoms with Crippen LogP contribution in [0.15, 0.2) is 0 Å². The van der Waals surface area contributed by atoms with Crippen molar-refractivity contribution in [3.8, 4) is 0 Å². The first-order valence-electron chi connectivity index (χ1n) is 0.655. The molecule has 0 bridgehead atoms. The molecule has 0 aromatic carbocycles. The quantitative estimate of drug-likeness (QED) is 0.456. The lowest BCUT2D eigenvalue weighted by molar-refractivity contribution is 1.96. The fraction of sp³-hybridized carbons (Fsp3) is 1.00. The first-order valence-corrected chi connectivity index (χ1v) is 1.96.